The molecule has 0 aliphatic carbocycles. The molecule has 3 heterocycles. The van der Waals surface area contributed by atoms with Crippen LogP contribution in [0.1, 0.15) is 0 Å². The maximum Gasteiger partial charge on any atom is 0.148 e. The summed E-state index contributed by atoms with van der Waals surface area (Å²) in [6.07, 6.45) is 1.65. The monoisotopic (exact) mass is 393 g/mol. The van der Waals surface area contributed by atoms with Gasteiger partial charge in [-0.3, -0.25) is 4.98 Å². The molecular formula is C22H23N3O4. The van der Waals surface area contributed by atoms with E-state index in [1.807, 2.05) is 54.7 Å². The van der Waals surface area contributed by atoms with Crippen molar-refractivity contribution in [3.8, 4) is 11.5 Å². The third-order valence-electron chi connectivity index (χ3n) is 5.31. The molecule has 7 heteroatoms. The van der Waals surface area contributed by atoms with Crippen LogP contribution < -0.4 is 14.4 Å². The molecule has 0 radical (unpaired) electrons. The van der Waals surface area contributed by atoms with Crippen LogP contribution in [0.25, 0.3) is 11.0 Å². The van der Waals surface area contributed by atoms with E-state index >= 15 is 0 Å². The van der Waals surface area contributed by atoms with Crippen molar-refractivity contribution in [3.05, 3.63) is 54.7 Å². The fourth-order valence-electron chi connectivity index (χ4n) is 3.80. The summed E-state index contributed by atoms with van der Waals surface area (Å²) in [7, 11) is 1.64. The van der Waals surface area contributed by atoms with E-state index in [4.69, 9.17) is 23.9 Å². The molecule has 0 N–H and O–H groups in total. The highest BCUT2D eigenvalue weighted by atomic mass is 16.6. The molecule has 0 unspecified atom stereocenters. The maximum absolute atomic E-state index is 6.14. The van der Waals surface area contributed by atoms with E-state index in [2.05, 4.69) is 9.88 Å². The molecule has 0 saturated carbocycles. The molecule has 29 heavy (non-hydrogen) atoms. The fraction of sp³-hybridized carbons (Fsp3) is 0.364. The Kier molecular flexibility index (Phi) is 4.91. The van der Waals surface area contributed by atoms with Crippen molar-refractivity contribution < 1.29 is 18.9 Å². The number of anilines is 1. The summed E-state index contributed by atoms with van der Waals surface area (Å²) < 4.78 is 23.6. The molecule has 5 rings (SSSR count). The zero-order valence-corrected chi connectivity index (χ0v) is 16.2. The van der Waals surface area contributed by atoms with E-state index in [-0.39, 0.29) is 18.3 Å². The summed E-state index contributed by atoms with van der Waals surface area (Å²) in [5, 5.41) is 0. The molecule has 2 aliphatic heterocycles. The van der Waals surface area contributed by atoms with Crippen LogP contribution in [-0.2, 0) is 9.47 Å². The molecule has 2 fully saturated rings. The Bertz CT molecular complexity index is 982. The molecule has 0 spiro atoms. The highest BCUT2D eigenvalue weighted by molar-refractivity contribution is 5.75. The van der Waals surface area contributed by atoms with E-state index in [1.54, 1.807) is 7.11 Å². The molecule has 0 amide bonds. The molecule has 7 nitrogen and oxygen atoms in total. The van der Waals surface area contributed by atoms with Gasteiger partial charge in [-0.2, -0.15) is 0 Å². The predicted molar refractivity (Wildman–Crippen MR) is 109 cm³/mol. The lowest BCUT2D eigenvalue weighted by Gasteiger charge is -2.20. The van der Waals surface area contributed by atoms with Crippen molar-refractivity contribution in [2.45, 2.75) is 18.3 Å². The van der Waals surface area contributed by atoms with Crippen molar-refractivity contribution in [1.29, 1.82) is 0 Å². The summed E-state index contributed by atoms with van der Waals surface area (Å²) >= 11 is 0. The van der Waals surface area contributed by atoms with Gasteiger partial charge in [0.1, 0.15) is 35.6 Å². The molecule has 3 aromatic rings. The second-order valence-corrected chi connectivity index (χ2v) is 7.28. The first-order valence-corrected chi connectivity index (χ1v) is 9.79. The number of para-hydroxylation sites is 2. The SMILES string of the molecule is COc1cccc(OC2CO[C@H]3CN(c4cnc5ccccc5n4)C[C@@H]3OC2)c1. The van der Waals surface area contributed by atoms with Crippen LogP contribution in [0.2, 0.25) is 0 Å². The summed E-state index contributed by atoms with van der Waals surface area (Å²) in [5.41, 5.74) is 1.79. The number of methoxy groups -OCH3 is 1. The summed E-state index contributed by atoms with van der Waals surface area (Å²) in [6.45, 7) is 2.42. The Morgan fingerprint density at radius 3 is 2.41 bits per heavy atom. The molecule has 2 aliphatic rings. The van der Waals surface area contributed by atoms with Crippen LogP contribution in [0, 0.1) is 0 Å². The Balaban J connectivity index is 1.23. The average Bonchev–Trinajstić information content (AvgIpc) is 3.09. The normalized spacial score (nSPS) is 22.3. The van der Waals surface area contributed by atoms with Gasteiger partial charge in [-0.15, -0.1) is 0 Å². The first kappa shape index (κ1) is 18.1. The van der Waals surface area contributed by atoms with Crippen molar-refractivity contribution in [2.75, 3.05) is 38.3 Å². The van der Waals surface area contributed by atoms with Crippen LogP contribution in [-0.4, -0.2) is 61.7 Å². The second kappa shape index (κ2) is 7.85. The van der Waals surface area contributed by atoms with Gasteiger partial charge in [0.25, 0.3) is 0 Å². The second-order valence-electron chi connectivity index (χ2n) is 7.28. The number of ether oxygens (including phenoxy) is 4. The van der Waals surface area contributed by atoms with Crippen LogP contribution >= 0.6 is 0 Å². The Morgan fingerprint density at radius 1 is 0.931 bits per heavy atom. The Hall–Kier alpha value is -2.90. The zero-order chi connectivity index (χ0) is 19.6. The predicted octanol–water partition coefficient (Wildman–Crippen LogP) is 2.69. The van der Waals surface area contributed by atoms with E-state index in [0.717, 1.165) is 41.4 Å². The van der Waals surface area contributed by atoms with Crippen molar-refractivity contribution in [3.63, 3.8) is 0 Å². The molecule has 2 saturated heterocycles. The first-order chi connectivity index (χ1) is 14.3. The molecule has 2 aromatic carbocycles. The lowest BCUT2D eigenvalue weighted by atomic mass is 10.3. The van der Waals surface area contributed by atoms with Gasteiger partial charge in [0.15, 0.2) is 0 Å². The molecule has 0 bridgehead atoms. The van der Waals surface area contributed by atoms with E-state index < -0.39 is 0 Å². The van der Waals surface area contributed by atoms with E-state index in [1.165, 1.54) is 0 Å². The van der Waals surface area contributed by atoms with Gasteiger partial charge in [0.05, 0.1) is 37.6 Å². The zero-order valence-electron chi connectivity index (χ0n) is 16.2. The van der Waals surface area contributed by atoms with Crippen LogP contribution in [0.15, 0.2) is 54.7 Å². The van der Waals surface area contributed by atoms with Gasteiger partial charge >= 0.3 is 0 Å². The smallest absolute Gasteiger partial charge is 0.148 e. The minimum Gasteiger partial charge on any atom is -0.497 e. The largest absolute Gasteiger partial charge is 0.497 e. The van der Waals surface area contributed by atoms with Crippen molar-refractivity contribution in [1.82, 2.24) is 9.97 Å². The lowest BCUT2D eigenvalue weighted by Crippen LogP contribution is -2.29. The highest BCUT2D eigenvalue weighted by Crippen LogP contribution is 2.27. The average molecular weight is 393 g/mol. The lowest BCUT2D eigenvalue weighted by molar-refractivity contribution is -0.00461. The standard InChI is InChI=1S/C22H23N3O4/c1-26-15-5-4-6-16(9-15)29-17-13-27-20-11-25(12-21(20)28-14-17)22-10-23-18-7-2-3-8-19(18)24-22/h2-10,17,20-21H,11-14H2,1H3/t20-,21-/m0/s1. The van der Waals surface area contributed by atoms with Gasteiger partial charge in [0, 0.05) is 19.2 Å². The molecule has 1 aromatic heterocycles. The van der Waals surface area contributed by atoms with E-state index in [0.29, 0.717) is 13.2 Å². The fourth-order valence-corrected chi connectivity index (χ4v) is 3.80. The third kappa shape index (κ3) is 3.83. The van der Waals surface area contributed by atoms with Gasteiger partial charge in [0.2, 0.25) is 0 Å². The minimum atomic E-state index is -0.151. The number of nitrogens with zero attached hydrogens (tertiary/aromatic N) is 3. The number of benzene rings is 2. The topological polar surface area (TPSA) is 65.9 Å². The third-order valence-corrected chi connectivity index (χ3v) is 5.31. The Labute approximate surface area is 169 Å². The van der Waals surface area contributed by atoms with Gasteiger partial charge in [-0.05, 0) is 24.3 Å². The number of fused-ring (bicyclic) bond motifs is 2. The van der Waals surface area contributed by atoms with E-state index in [9.17, 15) is 0 Å². The molecule has 2 atom stereocenters. The minimum absolute atomic E-state index is 0.0119. The highest BCUT2D eigenvalue weighted by Gasteiger charge is 2.38. The van der Waals surface area contributed by atoms with Crippen LogP contribution in [0.3, 0.4) is 0 Å². The van der Waals surface area contributed by atoms with Crippen LogP contribution in [0.4, 0.5) is 5.82 Å². The van der Waals surface area contributed by atoms with Gasteiger partial charge in [-0.25, -0.2) is 4.98 Å². The Morgan fingerprint density at radius 2 is 1.66 bits per heavy atom. The number of rotatable bonds is 4. The number of hydrogen-bond acceptors (Lipinski definition) is 7. The van der Waals surface area contributed by atoms with Crippen LogP contribution in [0.5, 0.6) is 11.5 Å². The maximum atomic E-state index is 6.14. The summed E-state index contributed by atoms with van der Waals surface area (Å²) in [4.78, 5) is 11.4. The molecular weight excluding hydrogens is 370 g/mol. The number of aromatic nitrogens is 2. The van der Waals surface area contributed by atoms with Crippen molar-refractivity contribution >= 4 is 16.9 Å². The van der Waals surface area contributed by atoms with Gasteiger partial charge in [-0.1, -0.05) is 18.2 Å². The van der Waals surface area contributed by atoms with Crippen molar-refractivity contribution in [2.24, 2.45) is 0 Å². The first-order valence-electron chi connectivity index (χ1n) is 9.79. The summed E-state index contributed by atoms with van der Waals surface area (Å²) in [5.74, 6) is 2.37. The summed E-state index contributed by atoms with van der Waals surface area (Å²) in [6, 6.07) is 15.5. The molecule has 150 valence electrons. The number of hydrogen-bond donors (Lipinski definition) is 0. The van der Waals surface area contributed by atoms with Gasteiger partial charge < -0.3 is 23.8 Å². The quantitative estimate of drug-likeness (QED) is 0.675.